The minimum absolute atomic E-state index is 0.777. The van der Waals surface area contributed by atoms with E-state index < -0.39 is 0 Å². The van der Waals surface area contributed by atoms with E-state index in [0.717, 1.165) is 31.9 Å². The van der Waals surface area contributed by atoms with E-state index in [-0.39, 0.29) is 0 Å². The molecule has 0 aliphatic heterocycles. The Kier molecular flexibility index (Phi) is 5.94. The van der Waals surface area contributed by atoms with Crippen LogP contribution in [0.1, 0.15) is 13.3 Å². The molecule has 0 aliphatic rings. The SMILES string of the molecule is CCCOCCNc1cccc(I)c1. The molecule has 0 spiro atoms. The Morgan fingerprint density at radius 2 is 2.21 bits per heavy atom. The Balaban J connectivity index is 2.18. The molecule has 78 valence electrons. The quantitative estimate of drug-likeness (QED) is 0.644. The first-order valence-corrected chi connectivity index (χ1v) is 5.98. The van der Waals surface area contributed by atoms with Crippen molar-refractivity contribution in [3.63, 3.8) is 0 Å². The van der Waals surface area contributed by atoms with Crippen molar-refractivity contribution in [2.45, 2.75) is 13.3 Å². The van der Waals surface area contributed by atoms with Gasteiger partial charge in [-0.25, -0.2) is 0 Å². The monoisotopic (exact) mass is 305 g/mol. The summed E-state index contributed by atoms with van der Waals surface area (Å²) in [5, 5.41) is 3.31. The van der Waals surface area contributed by atoms with Crippen LogP contribution in [-0.4, -0.2) is 19.8 Å². The summed E-state index contributed by atoms with van der Waals surface area (Å²) in [6.07, 6.45) is 1.09. The van der Waals surface area contributed by atoms with Crippen LogP contribution in [0.15, 0.2) is 24.3 Å². The highest BCUT2D eigenvalue weighted by Crippen LogP contribution is 2.11. The molecule has 2 nitrogen and oxygen atoms in total. The number of ether oxygens (including phenoxy) is 1. The molecule has 1 aromatic rings. The minimum atomic E-state index is 0.777. The lowest BCUT2D eigenvalue weighted by atomic mass is 10.3. The van der Waals surface area contributed by atoms with E-state index >= 15 is 0 Å². The van der Waals surface area contributed by atoms with Crippen molar-refractivity contribution in [2.24, 2.45) is 0 Å². The lowest BCUT2D eigenvalue weighted by Gasteiger charge is -2.06. The van der Waals surface area contributed by atoms with Crippen LogP contribution in [0.25, 0.3) is 0 Å². The van der Waals surface area contributed by atoms with Crippen molar-refractivity contribution < 1.29 is 4.74 Å². The summed E-state index contributed by atoms with van der Waals surface area (Å²) >= 11 is 2.31. The highest BCUT2D eigenvalue weighted by atomic mass is 127. The maximum Gasteiger partial charge on any atom is 0.0639 e. The molecule has 0 fully saturated rings. The summed E-state index contributed by atoms with van der Waals surface area (Å²) in [6, 6.07) is 8.33. The third-order valence-corrected chi connectivity index (χ3v) is 2.42. The Morgan fingerprint density at radius 3 is 2.93 bits per heavy atom. The molecule has 0 aromatic heterocycles. The standard InChI is InChI=1S/C11H16INO/c1-2-7-14-8-6-13-11-5-3-4-10(12)9-11/h3-5,9,13H,2,6-8H2,1H3. The molecule has 1 N–H and O–H groups in total. The molecule has 3 heteroatoms. The Bertz CT molecular complexity index is 265. The first kappa shape index (κ1) is 11.8. The molecule has 0 atom stereocenters. The molecule has 0 heterocycles. The lowest BCUT2D eigenvalue weighted by Crippen LogP contribution is -2.09. The van der Waals surface area contributed by atoms with Crippen LogP contribution in [-0.2, 0) is 4.74 Å². The van der Waals surface area contributed by atoms with Crippen LogP contribution in [0.3, 0.4) is 0 Å². The third kappa shape index (κ3) is 4.81. The van der Waals surface area contributed by atoms with Crippen LogP contribution in [0.2, 0.25) is 0 Å². The molecule has 0 saturated heterocycles. The molecule has 0 radical (unpaired) electrons. The van der Waals surface area contributed by atoms with Crippen molar-refractivity contribution in [3.05, 3.63) is 27.8 Å². The normalized spacial score (nSPS) is 10.1. The first-order chi connectivity index (χ1) is 6.83. The van der Waals surface area contributed by atoms with Gasteiger partial charge in [0.25, 0.3) is 0 Å². The molecule has 0 bridgehead atoms. The average Bonchev–Trinajstić information content (AvgIpc) is 2.18. The van der Waals surface area contributed by atoms with Crippen molar-refractivity contribution >= 4 is 28.3 Å². The summed E-state index contributed by atoms with van der Waals surface area (Å²) in [7, 11) is 0. The van der Waals surface area contributed by atoms with Gasteiger partial charge in [-0.05, 0) is 47.2 Å². The van der Waals surface area contributed by atoms with Gasteiger partial charge in [0.15, 0.2) is 0 Å². The van der Waals surface area contributed by atoms with Gasteiger partial charge in [0, 0.05) is 22.4 Å². The van der Waals surface area contributed by atoms with E-state index in [4.69, 9.17) is 4.74 Å². The van der Waals surface area contributed by atoms with Crippen LogP contribution >= 0.6 is 22.6 Å². The summed E-state index contributed by atoms with van der Waals surface area (Å²) < 4.78 is 6.62. The second-order valence-electron chi connectivity index (χ2n) is 3.05. The van der Waals surface area contributed by atoms with Gasteiger partial charge in [0.1, 0.15) is 0 Å². The zero-order valence-electron chi connectivity index (χ0n) is 8.42. The zero-order chi connectivity index (χ0) is 10.2. The molecule has 0 amide bonds. The predicted molar refractivity (Wildman–Crippen MR) is 68.8 cm³/mol. The largest absolute Gasteiger partial charge is 0.383 e. The molecular weight excluding hydrogens is 289 g/mol. The van der Waals surface area contributed by atoms with Crippen molar-refractivity contribution in [3.8, 4) is 0 Å². The van der Waals surface area contributed by atoms with Crippen molar-refractivity contribution in [2.75, 3.05) is 25.1 Å². The van der Waals surface area contributed by atoms with Gasteiger partial charge < -0.3 is 10.1 Å². The van der Waals surface area contributed by atoms with Crippen LogP contribution < -0.4 is 5.32 Å². The molecular formula is C11H16INO. The Labute approximate surface area is 99.2 Å². The molecule has 0 unspecified atom stereocenters. The van der Waals surface area contributed by atoms with E-state index in [1.807, 2.05) is 0 Å². The summed E-state index contributed by atoms with van der Waals surface area (Å²) in [4.78, 5) is 0. The average molecular weight is 305 g/mol. The zero-order valence-corrected chi connectivity index (χ0v) is 10.6. The second-order valence-corrected chi connectivity index (χ2v) is 4.30. The number of rotatable bonds is 6. The summed E-state index contributed by atoms with van der Waals surface area (Å²) in [5.74, 6) is 0. The highest BCUT2D eigenvalue weighted by molar-refractivity contribution is 14.1. The smallest absolute Gasteiger partial charge is 0.0639 e. The van der Waals surface area contributed by atoms with E-state index in [0.29, 0.717) is 0 Å². The number of halogens is 1. The van der Waals surface area contributed by atoms with Gasteiger partial charge in [-0.3, -0.25) is 0 Å². The Morgan fingerprint density at radius 1 is 1.36 bits per heavy atom. The number of nitrogens with one attached hydrogen (secondary N) is 1. The van der Waals surface area contributed by atoms with E-state index in [1.54, 1.807) is 0 Å². The van der Waals surface area contributed by atoms with Gasteiger partial charge in [-0.15, -0.1) is 0 Å². The molecule has 14 heavy (non-hydrogen) atoms. The van der Waals surface area contributed by atoms with Gasteiger partial charge in [0.05, 0.1) is 6.61 Å². The van der Waals surface area contributed by atoms with E-state index in [9.17, 15) is 0 Å². The van der Waals surface area contributed by atoms with Gasteiger partial charge in [-0.2, -0.15) is 0 Å². The maximum absolute atomic E-state index is 5.37. The van der Waals surface area contributed by atoms with Gasteiger partial charge in [0.2, 0.25) is 0 Å². The van der Waals surface area contributed by atoms with Crippen molar-refractivity contribution in [1.82, 2.24) is 0 Å². The highest BCUT2D eigenvalue weighted by Gasteiger charge is 1.92. The fourth-order valence-electron chi connectivity index (χ4n) is 1.11. The molecule has 0 aliphatic carbocycles. The molecule has 1 aromatic carbocycles. The predicted octanol–water partition coefficient (Wildman–Crippen LogP) is 3.13. The van der Waals surface area contributed by atoms with Gasteiger partial charge >= 0.3 is 0 Å². The topological polar surface area (TPSA) is 21.3 Å². The van der Waals surface area contributed by atoms with Crippen LogP contribution in [0.4, 0.5) is 5.69 Å². The van der Waals surface area contributed by atoms with Gasteiger partial charge in [-0.1, -0.05) is 13.0 Å². The molecule has 1 rings (SSSR count). The first-order valence-electron chi connectivity index (χ1n) is 4.90. The van der Waals surface area contributed by atoms with Crippen LogP contribution in [0.5, 0.6) is 0 Å². The number of hydrogen-bond donors (Lipinski definition) is 1. The maximum atomic E-state index is 5.37. The van der Waals surface area contributed by atoms with E-state index in [1.165, 1.54) is 3.57 Å². The second kappa shape index (κ2) is 7.06. The summed E-state index contributed by atoms with van der Waals surface area (Å²) in [5.41, 5.74) is 1.16. The minimum Gasteiger partial charge on any atom is -0.383 e. The van der Waals surface area contributed by atoms with Crippen molar-refractivity contribution in [1.29, 1.82) is 0 Å². The fourth-order valence-corrected chi connectivity index (χ4v) is 1.66. The van der Waals surface area contributed by atoms with Crippen LogP contribution in [0, 0.1) is 3.57 Å². The Hall–Kier alpha value is -0.290. The number of hydrogen-bond acceptors (Lipinski definition) is 2. The van der Waals surface area contributed by atoms with E-state index in [2.05, 4.69) is 59.1 Å². The number of benzene rings is 1. The lowest BCUT2D eigenvalue weighted by molar-refractivity contribution is 0.144. The third-order valence-electron chi connectivity index (χ3n) is 1.75. The molecule has 0 saturated carbocycles. The summed E-state index contributed by atoms with van der Waals surface area (Å²) in [6.45, 7) is 4.63. The number of anilines is 1. The fraction of sp³-hybridized carbons (Fsp3) is 0.455.